The number of terminal acetylenes is 1. The van der Waals surface area contributed by atoms with Crippen LogP contribution >= 0.6 is 0 Å². The van der Waals surface area contributed by atoms with Gasteiger partial charge in [-0.25, -0.2) is 0 Å². The molecular weight excluding hydrogens is 166 g/mol. The van der Waals surface area contributed by atoms with Gasteiger partial charge in [0.15, 0.2) is 0 Å². The second-order valence-electron chi connectivity index (χ2n) is 3.05. The Balaban J connectivity index is 3.23. The van der Waals surface area contributed by atoms with Crippen LogP contribution in [0.15, 0.2) is 0 Å². The Hall–Kier alpha value is -1.01. The van der Waals surface area contributed by atoms with Crippen molar-refractivity contribution in [1.82, 2.24) is 5.32 Å². The molecule has 0 aromatic rings. The monoisotopic (exact) mass is 183 g/mol. The normalized spacial score (nSPS) is 11.8. The number of carbonyl (C=O) groups is 1. The van der Waals surface area contributed by atoms with Crippen LogP contribution in [-0.2, 0) is 4.79 Å². The summed E-state index contributed by atoms with van der Waals surface area (Å²) in [6, 6.07) is 0. The minimum absolute atomic E-state index is 0.0106. The molecule has 0 aliphatic carbocycles. The third-order valence-electron chi connectivity index (χ3n) is 1.62. The van der Waals surface area contributed by atoms with Crippen molar-refractivity contribution in [3.8, 4) is 12.3 Å². The SMILES string of the molecule is C#CCCC(=O)NCCCC(C)O. The third kappa shape index (κ3) is 8.90. The van der Waals surface area contributed by atoms with Crippen LogP contribution < -0.4 is 5.32 Å². The van der Waals surface area contributed by atoms with E-state index in [1.807, 2.05) is 0 Å². The van der Waals surface area contributed by atoms with E-state index in [9.17, 15) is 4.79 Å². The largest absolute Gasteiger partial charge is 0.393 e. The summed E-state index contributed by atoms with van der Waals surface area (Å²) in [6.07, 6.45) is 7.12. The molecule has 0 aromatic carbocycles. The lowest BCUT2D eigenvalue weighted by Crippen LogP contribution is -2.24. The highest BCUT2D eigenvalue weighted by Crippen LogP contribution is 1.94. The number of aliphatic hydroxyl groups excluding tert-OH is 1. The van der Waals surface area contributed by atoms with Gasteiger partial charge in [0.1, 0.15) is 0 Å². The molecule has 0 bridgehead atoms. The minimum Gasteiger partial charge on any atom is -0.393 e. The van der Waals surface area contributed by atoms with E-state index >= 15 is 0 Å². The molecule has 0 rings (SSSR count). The molecule has 0 aromatic heterocycles. The Kier molecular flexibility index (Phi) is 7.04. The zero-order valence-electron chi connectivity index (χ0n) is 8.05. The molecule has 1 atom stereocenters. The smallest absolute Gasteiger partial charge is 0.220 e. The molecule has 1 unspecified atom stereocenters. The van der Waals surface area contributed by atoms with Crippen molar-refractivity contribution in [3.63, 3.8) is 0 Å². The predicted octanol–water partition coefficient (Wildman–Crippen LogP) is 0.677. The second-order valence-corrected chi connectivity index (χ2v) is 3.05. The van der Waals surface area contributed by atoms with Crippen LogP contribution in [0.5, 0.6) is 0 Å². The van der Waals surface area contributed by atoms with E-state index in [-0.39, 0.29) is 12.0 Å². The third-order valence-corrected chi connectivity index (χ3v) is 1.62. The number of rotatable bonds is 6. The lowest BCUT2D eigenvalue weighted by molar-refractivity contribution is -0.121. The molecule has 74 valence electrons. The molecule has 0 spiro atoms. The fourth-order valence-corrected chi connectivity index (χ4v) is 0.899. The van der Waals surface area contributed by atoms with Gasteiger partial charge >= 0.3 is 0 Å². The molecule has 0 fully saturated rings. The summed E-state index contributed by atoms with van der Waals surface area (Å²) in [5.41, 5.74) is 0. The van der Waals surface area contributed by atoms with Crippen molar-refractivity contribution in [2.45, 2.75) is 38.7 Å². The van der Waals surface area contributed by atoms with Gasteiger partial charge in [-0.1, -0.05) is 0 Å². The molecule has 0 aliphatic rings. The van der Waals surface area contributed by atoms with E-state index in [0.29, 0.717) is 19.4 Å². The quantitative estimate of drug-likeness (QED) is 0.470. The molecule has 13 heavy (non-hydrogen) atoms. The van der Waals surface area contributed by atoms with Crippen molar-refractivity contribution >= 4 is 5.91 Å². The van der Waals surface area contributed by atoms with Gasteiger partial charge in [0.25, 0.3) is 0 Å². The number of carbonyl (C=O) groups excluding carboxylic acids is 1. The van der Waals surface area contributed by atoms with E-state index in [0.717, 1.165) is 12.8 Å². The molecule has 1 amide bonds. The van der Waals surface area contributed by atoms with E-state index in [4.69, 9.17) is 11.5 Å². The first-order valence-electron chi connectivity index (χ1n) is 4.55. The van der Waals surface area contributed by atoms with Gasteiger partial charge in [-0.3, -0.25) is 4.79 Å². The molecule has 3 heteroatoms. The molecular formula is C10H17NO2. The van der Waals surface area contributed by atoms with Crippen molar-refractivity contribution in [2.75, 3.05) is 6.54 Å². The van der Waals surface area contributed by atoms with E-state index in [1.54, 1.807) is 6.92 Å². The second kappa shape index (κ2) is 7.63. The van der Waals surface area contributed by atoms with Crippen LogP contribution in [-0.4, -0.2) is 23.7 Å². The first kappa shape index (κ1) is 12.0. The number of hydrogen-bond acceptors (Lipinski definition) is 2. The molecule has 0 radical (unpaired) electrons. The van der Waals surface area contributed by atoms with Crippen LogP contribution in [0.1, 0.15) is 32.6 Å². The van der Waals surface area contributed by atoms with Crippen LogP contribution in [0.4, 0.5) is 0 Å². The number of amides is 1. The van der Waals surface area contributed by atoms with Gasteiger partial charge in [-0.2, -0.15) is 0 Å². The van der Waals surface area contributed by atoms with Gasteiger partial charge in [-0.05, 0) is 19.8 Å². The molecule has 0 heterocycles. The standard InChI is InChI=1S/C10H17NO2/c1-3-4-7-10(13)11-8-5-6-9(2)12/h1,9,12H,4-8H2,2H3,(H,11,13). The maximum Gasteiger partial charge on any atom is 0.220 e. The van der Waals surface area contributed by atoms with Gasteiger partial charge in [0, 0.05) is 19.4 Å². The number of hydrogen-bond donors (Lipinski definition) is 2. The molecule has 0 saturated heterocycles. The lowest BCUT2D eigenvalue weighted by Gasteiger charge is -2.05. The van der Waals surface area contributed by atoms with E-state index in [2.05, 4.69) is 11.2 Å². The first-order valence-corrected chi connectivity index (χ1v) is 4.55. The fourth-order valence-electron chi connectivity index (χ4n) is 0.899. The Labute approximate surface area is 79.5 Å². The van der Waals surface area contributed by atoms with Crippen molar-refractivity contribution in [2.24, 2.45) is 0 Å². The highest BCUT2D eigenvalue weighted by atomic mass is 16.3. The van der Waals surface area contributed by atoms with Gasteiger partial charge < -0.3 is 10.4 Å². The zero-order valence-corrected chi connectivity index (χ0v) is 8.05. The van der Waals surface area contributed by atoms with E-state index < -0.39 is 0 Å². The molecule has 0 saturated carbocycles. The summed E-state index contributed by atoms with van der Waals surface area (Å²) < 4.78 is 0. The maximum atomic E-state index is 11.0. The highest BCUT2D eigenvalue weighted by Gasteiger charge is 1.99. The van der Waals surface area contributed by atoms with Crippen LogP contribution in [0.25, 0.3) is 0 Å². The average Bonchev–Trinajstić information content (AvgIpc) is 2.08. The van der Waals surface area contributed by atoms with Crippen LogP contribution in [0.3, 0.4) is 0 Å². The topological polar surface area (TPSA) is 49.3 Å². The van der Waals surface area contributed by atoms with Gasteiger partial charge in [0.05, 0.1) is 6.10 Å². The average molecular weight is 183 g/mol. The Morgan fingerprint density at radius 2 is 2.38 bits per heavy atom. The summed E-state index contributed by atoms with van der Waals surface area (Å²) >= 11 is 0. The first-order chi connectivity index (χ1) is 6.16. The van der Waals surface area contributed by atoms with Crippen LogP contribution in [0.2, 0.25) is 0 Å². The van der Waals surface area contributed by atoms with Gasteiger partial charge in [-0.15, -0.1) is 12.3 Å². The van der Waals surface area contributed by atoms with E-state index in [1.165, 1.54) is 0 Å². The summed E-state index contributed by atoms with van der Waals surface area (Å²) in [4.78, 5) is 11.0. The number of nitrogens with one attached hydrogen (secondary N) is 1. The van der Waals surface area contributed by atoms with Crippen molar-refractivity contribution in [1.29, 1.82) is 0 Å². The predicted molar refractivity (Wildman–Crippen MR) is 52.0 cm³/mol. The van der Waals surface area contributed by atoms with Crippen LogP contribution in [0, 0.1) is 12.3 Å². The molecule has 2 N–H and O–H groups in total. The summed E-state index contributed by atoms with van der Waals surface area (Å²) in [5.74, 6) is 2.40. The molecule has 3 nitrogen and oxygen atoms in total. The van der Waals surface area contributed by atoms with Crippen molar-refractivity contribution < 1.29 is 9.90 Å². The Bertz CT molecular complexity index is 182. The Morgan fingerprint density at radius 1 is 1.69 bits per heavy atom. The summed E-state index contributed by atoms with van der Waals surface area (Å²) in [6.45, 7) is 2.36. The highest BCUT2D eigenvalue weighted by molar-refractivity contribution is 5.76. The molecule has 0 aliphatic heterocycles. The minimum atomic E-state index is -0.289. The fraction of sp³-hybridized carbons (Fsp3) is 0.700. The summed E-state index contributed by atoms with van der Waals surface area (Å²) in [7, 11) is 0. The maximum absolute atomic E-state index is 11.0. The zero-order chi connectivity index (χ0) is 10.1. The van der Waals surface area contributed by atoms with Crippen molar-refractivity contribution in [3.05, 3.63) is 0 Å². The number of aliphatic hydroxyl groups is 1. The Morgan fingerprint density at radius 3 is 2.92 bits per heavy atom. The summed E-state index contributed by atoms with van der Waals surface area (Å²) in [5, 5.41) is 11.6. The van der Waals surface area contributed by atoms with Gasteiger partial charge in [0.2, 0.25) is 5.91 Å². The lowest BCUT2D eigenvalue weighted by atomic mass is 10.2.